The Balaban J connectivity index is 2.18. The first-order valence-corrected chi connectivity index (χ1v) is 3.69. The summed E-state index contributed by atoms with van der Waals surface area (Å²) in [5.74, 6) is -0.758. The average molecular weight is 157 g/mol. The molecule has 4 nitrogen and oxygen atoms in total. The number of carbonyl (C=O) groups excluding carboxylic acids is 1. The first-order valence-electron chi connectivity index (χ1n) is 3.69. The molecule has 0 spiro atoms. The van der Waals surface area contributed by atoms with E-state index in [9.17, 15) is 9.59 Å². The monoisotopic (exact) mass is 157 g/mol. The van der Waals surface area contributed by atoms with Gasteiger partial charge in [-0.3, -0.25) is 9.59 Å². The van der Waals surface area contributed by atoms with Crippen molar-refractivity contribution in [1.82, 2.24) is 5.32 Å². The van der Waals surface area contributed by atoms with Crippen LogP contribution in [0.25, 0.3) is 0 Å². The minimum absolute atomic E-state index is 0.0420. The molecule has 0 aromatic carbocycles. The van der Waals surface area contributed by atoms with Crippen molar-refractivity contribution < 1.29 is 14.7 Å². The number of aliphatic carboxylic acids is 1. The fraction of sp³-hybridized carbons (Fsp3) is 0.714. The maximum Gasteiger partial charge on any atom is 0.303 e. The number of rotatable bonds is 3. The van der Waals surface area contributed by atoms with Crippen LogP contribution in [0.15, 0.2) is 0 Å². The summed E-state index contributed by atoms with van der Waals surface area (Å²) in [6, 6.07) is 0.0959. The summed E-state index contributed by atoms with van der Waals surface area (Å²) in [4.78, 5) is 20.8. The van der Waals surface area contributed by atoms with Gasteiger partial charge in [-0.25, -0.2) is 0 Å². The Kier molecular flexibility index (Phi) is 2.46. The summed E-state index contributed by atoms with van der Waals surface area (Å²) in [6.45, 7) is 0. The molecule has 0 unspecified atom stereocenters. The van der Waals surface area contributed by atoms with Gasteiger partial charge >= 0.3 is 5.97 Å². The van der Waals surface area contributed by atoms with Gasteiger partial charge in [0.2, 0.25) is 5.91 Å². The minimum Gasteiger partial charge on any atom is -0.481 e. The van der Waals surface area contributed by atoms with Gasteiger partial charge in [0.15, 0.2) is 0 Å². The normalized spacial score (nSPS) is 23.3. The second-order valence-electron chi connectivity index (χ2n) is 2.74. The summed E-state index contributed by atoms with van der Waals surface area (Å²) in [5.41, 5.74) is 0. The van der Waals surface area contributed by atoms with Crippen LogP contribution in [0.3, 0.4) is 0 Å². The van der Waals surface area contributed by atoms with E-state index in [4.69, 9.17) is 5.11 Å². The van der Waals surface area contributed by atoms with Crippen molar-refractivity contribution in [3.05, 3.63) is 0 Å². The maximum atomic E-state index is 10.6. The van der Waals surface area contributed by atoms with Crippen molar-refractivity contribution in [3.63, 3.8) is 0 Å². The van der Waals surface area contributed by atoms with Crippen LogP contribution >= 0.6 is 0 Å². The highest BCUT2D eigenvalue weighted by Gasteiger charge is 2.20. The van der Waals surface area contributed by atoms with Crippen LogP contribution in [0, 0.1) is 0 Å². The second-order valence-corrected chi connectivity index (χ2v) is 2.74. The number of carboxylic acids is 1. The molecular formula is C7H11NO3. The zero-order chi connectivity index (χ0) is 8.27. The highest BCUT2D eigenvalue weighted by atomic mass is 16.4. The molecule has 0 bridgehead atoms. The largest absolute Gasteiger partial charge is 0.481 e. The van der Waals surface area contributed by atoms with Crippen molar-refractivity contribution >= 4 is 11.9 Å². The lowest BCUT2D eigenvalue weighted by Crippen LogP contribution is -2.25. The van der Waals surface area contributed by atoms with Gasteiger partial charge in [-0.2, -0.15) is 0 Å². The molecule has 1 saturated heterocycles. The summed E-state index contributed by atoms with van der Waals surface area (Å²) < 4.78 is 0. The van der Waals surface area contributed by atoms with E-state index in [0.717, 1.165) is 6.42 Å². The molecule has 1 rings (SSSR count). The van der Waals surface area contributed by atoms with Crippen molar-refractivity contribution in [2.24, 2.45) is 0 Å². The number of hydrogen-bond acceptors (Lipinski definition) is 2. The molecule has 0 aromatic heterocycles. The van der Waals surface area contributed by atoms with Gasteiger partial charge in [-0.15, -0.1) is 0 Å². The third-order valence-corrected chi connectivity index (χ3v) is 1.79. The van der Waals surface area contributed by atoms with Gasteiger partial charge in [0.05, 0.1) is 0 Å². The van der Waals surface area contributed by atoms with Crippen molar-refractivity contribution in [3.8, 4) is 0 Å². The topological polar surface area (TPSA) is 66.4 Å². The van der Waals surface area contributed by atoms with Crippen LogP contribution < -0.4 is 5.32 Å². The molecule has 0 aromatic rings. The third-order valence-electron chi connectivity index (χ3n) is 1.79. The molecule has 1 amide bonds. The van der Waals surface area contributed by atoms with Gasteiger partial charge in [-0.05, 0) is 12.8 Å². The van der Waals surface area contributed by atoms with Gasteiger partial charge < -0.3 is 10.4 Å². The van der Waals surface area contributed by atoms with Crippen LogP contribution in [-0.2, 0) is 9.59 Å². The minimum atomic E-state index is -0.800. The van der Waals surface area contributed by atoms with E-state index in [1.54, 1.807) is 0 Å². The van der Waals surface area contributed by atoms with E-state index in [2.05, 4.69) is 5.32 Å². The zero-order valence-electron chi connectivity index (χ0n) is 6.17. The van der Waals surface area contributed by atoms with E-state index in [1.807, 2.05) is 0 Å². The summed E-state index contributed by atoms with van der Waals surface area (Å²) in [7, 11) is 0. The van der Waals surface area contributed by atoms with Crippen LogP contribution in [-0.4, -0.2) is 23.0 Å². The molecule has 0 radical (unpaired) electrons. The molecule has 0 saturated carbocycles. The molecule has 0 aliphatic carbocycles. The fourth-order valence-corrected chi connectivity index (χ4v) is 1.19. The van der Waals surface area contributed by atoms with Crippen LogP contribution in [0.1, 0.15) is 25.7 Å². The maximum absolute atomic E-state index is 10.6. The Bertz CT molecular complexity index is 179. The molecule has 1 atom stereocenters. The molecule has 62 valence electrons. The van der Waals surface area contributed by atoms with Crippen molar-refractivity contribution in [1.29, 1.82) is 0 Å². The number of nitrogens with one attached hydrogen (secondary N) is 1. The molecule has 1 aliphatic heterocycles. The van der Waals surface area contributed by atoms with E-state index in [1.165, 1.54) is 0 Å². The Morgan fingerprint density at radius 3 is 2.91 bits per heavy atom. The van der Waals surface area contributed by atoms with Crippen LogP contribution in [0.2, 0.25) is 0 Å². The van der Waals surface area contributed by atoms with Crippen molar-refractivity contribution in [2.75, 3.05) is 0 Å². The van der Waals surface area contributed by atoms with E-state index >= 15 is 0 Å². The van der Waals surface area contributed by atoms with E-state index in [-0.39, 0.29) is 18.4 Å². The Hall–Kier alpha value is -1.06. The second kappa shape index (κ2) is 3.37. The number of carbonyl (C=O) groups is 2. The van der Waals surface area contributed by atoms with Crippen molar-refractivity contribution in [2.45, 2.75) is 31.7 Å². The average Bonchev–Trinajstić information content (AvgIpc) is 2.31. The number of carboxylic acid groups (broad SMARTS) is 1. The lowest BCUT2D eigenvalue weighted by Gasteiger charge is -2.05. The van der Waals surface area contributed by atoms with Gasteiger partial charge in [-0.1, -0.05) is 0 Å². The molecule has 1 aliphatic rings. The predicted molar refractivity (Wildman–Crippen MR) is 38.0 cm³/mol. The Labute approximate surface area is 64.6 Å². The molecule has 1 fully saturated rings. The first kappa shape index (κ1) is 8.04. The summed E-state index contributed by atoms with van der Waals surface area (Å²) >= 11 is 0. The predicted octanol–water partition coefficient (Wildman–Crippen LogP) is 0.130. The first-order chi connectivity index (χ1) is 5.18. The van der Waals surface area contributed by atoms with E-state index in [0.29, 0.717) is 12.8 Å². The fourth-order valence-electron chi connectivity index (χ4n) is 1.19. The van der Waals surface area contributed by atoms with E-state index < -0.39 is 5.97 Å². The van der Waals surface area contributed by atoms with Crippen LogP contribution in [0.4, 0.5) is 0 Å². The SMILES string of the molecule is O=C(O)CC[C@H]1CCC(=O)N1. The number of amides is 1. The molecular weight excluding hydrogens is 146 g/mol. The molecule has 2 N–H and O–H groups in total. The molecule has 4 heteroatoms. The smallest absolute Gasteiger partial charge is 0.303 e. The van der Waals surface area contributed by atoms with Gasteiger partial charge in [0.25, 0.3) is 0 Å². The van der Waals surface area contributed by atoms with Gasteiger partial charge in [0.1, 0.15) is 0 Å². The number of hydrogen-bond donors (Lipinski definition) is 2. The highest BCUT2D eigenvalue weighted by molar-refractivity contribution is 5.78. The third kappa shape index (κ3) is 2.57. The van der Waals surface area contributed by atoms with Crippen LogP contribution in [0.5, 0.6) is 0 Å². The highest BCUT2D eigenvalue weighted by Crippen LogP contribution is 2.11. The quantitative estimate of drug-likeness (QED) is 0.612. The standard InChI is InChI=1S/C7H11NO3/c9-6-3-1-5(8-6)2-4-7(10)11/h5H,1-4H2,(H,8,9)(H,10,11)/t5-/m1/s1. The summed E-state index contributed by atoms with van der Waals surface area (Å²) in [6.07, 6.45) is 2.03. The van der Waals surface area contributed by atoms with Gasteiger partial charge in [0, 0.05) is 18.9 Å². The molecule has 1 heterocycles. The molecule has 11 heavy (non-hydrogen) atoms. The lowest BCUT2D eigenvalue weighted by atomic mass is 10.1. The Morgan fingerprint density at radius 1 is 1.73 bits per heavy atom. The lowest BCUT2D eigenvalue weighted by molar-refractivity contribution is -0.137. The zero-order valence-corrected chi connectivity index (χ0v) is 6.17. The summed E-state index contributed by atoms with van der Waals surface area (Å²) in [5, 5.41) is 11.0. The Morgan fingerprint density at radius 2 is 2.45 bits per heavy atom.